The Morgan fingerprint density at radius 3 is 2.48 bits per heavy atom. The van der Waals surface area contributed by atoms with Crippen LogP contribution in [0.3, 0.4) is 0 Å². The van der Waals surface area contributed by atoms with Gasteiger partial charge >= 0.3 is 0 Å². The Hall–Kier alpha value is -3.99. The molecule has 3 aromatic heterocycles. The molecule has 162 valence electrons. The second-order valence-electron chi connectivity index (χ2n) is 9.31. The molecule has 0 N–H and O–H groups in total. The summed E-state index contributed by atoms with van der Waals surface area (Å²) in [5.74, 6) is 0.445. The van der Waals surface area contributed by atoms with Crippen LogP contribution in [0, 0.1) is 5.82 Å². The number of pyridine rings is 1. The highest BCUT2D eigenvalue weighted by Gasteiger charge is 2.26. The first-order valence-corrected chi connectivity index (χ1v) is 11.0. The van der Waals surface area contributed by atoms with E-state index in [2.05, 4.69) is 37.5 Å². The zero-order valence-electron chi connectivity index (χ0n) is 18.6. The quantitative estimate of drug-likeness (QED) is 0.284. The van der Waals surface area contributed by atoms with Gasteiger partial charge in [0.25, 0.3) is 0 Å². The van der Waals surface area contributed by atoms with E-state index in [1.165, 1.54) is 12.1 Å². The fraction of sp³-hybridized carbons (Fsp3) is 0.143. The molecule has 0 unspecified atom stereocenters. The van der Waals surface area contributed by atoms with E-state index in [4.69, 9.17) is 14.4 Å². The predicted molar refractivity (Wildman–Crippen MR) is 130 cm³/mol. The highest BCUT2D eigenvalue weighted by molar-refractivity contribution is 6.09. The molecule has 4 nitrogen and oxygen atoms in total. The summed E-state index contributed by atoms with van der Waals surface area (Å²) in [5, 5.41) is 1.82. The lowest BCUT2D eigenvalue weighted by Crippen LogP contribution is -2.15. The maximum Gasteiger partial charge on any atom is 0.149 e. The van der Waals surface area contributed by atoms with Gasteiger partial charge < -0.3 is 4.42 Å². The van der Waals surface area contributed by atoms with E-state index in [-0.39, 0.29) is 11.2 Å². The van der Waals surface area contributed by atoms with Crippen molar-refractivity contribution < 1.29 is 8.81 Å². The Bertz CT molecular complexity index is 1660. The van der Waals surface area contributed by atoms with Crippen molar-refractivity contribution in [1.29, 1.82) is 0 Å². The molecule has 0 fully saturated rings. The van der Waals surface area contributed by atoms with Gasteiger partial charge in [-0.2, -0.15) is 0 Å². The molecule has 0 aliphatic heterocycles. The molecule has 0 saturated heterocycles. The second kappa shape index (κ2) is 7.01. The van der Waals surface area contributed by atoms with Gasteiger partial charge in [0.2, 0.25) is 0 Å². The van der Waals surface area contributed by atoms with Crippen molar-refractivity contribution in [1.82, 2.24) is 14.5 Å². The number of furan rings is 1. The lowest BCUT2D eigenvalue weighted by molar-refractivity contribution is 0.573. The minimum absolute atomic E-state index is 0.174. The number of benzene rings is 3. The minimum atomic E-state index is -0.319. The third-order valence-electron chi connectivity index (χ3n) is 5.99. The molecule has 6 rings (SSSR count). The third kappa shape index (κ3) is 3.04. The highest BCUT2D eigenvalue weighted by atomic mass is 19.1. The number of hydrogen-bond donors (Lipinski definition) is 0. The Morgan fingerprint density at radius 2 is 1.70 bits per heavy atom. The van der Waals surface area contributed by atoms with E-state index >= 15 is 0 Å². The largest absolute Gasteiger partial charge is 0.455 e. The van der Waals surface area contributed by atoms with Crippen molar-refractivity contribution >= 4 is 33.0 Å². The van der Waals surface area contributed by atoms with Crippen LogP contribution < -0.4 is 0 Å². The van der Waals surface area contributed by atoms with Gasteiger partial charge in [-0.25, -0.2) is 9.37 Å². The number of nitrogens with zero attached hydrogens (tertiary/aromatic N) is 3. The van der Waals surface area contributed by atoms with Crippen LogP contribution in [0.1, 0.15) is 26.5 Å². The van der Waals surface area contributed by atoms with Crippen molar-refractivity contribution in [3.63, 3.8) is 0 Å². The summed E-state index contributed by atoms with van der Waals surface area (Å²) in [6.07, 6.45) is 1.82. The average molecular weight is 436 g/mol. The van der Waals surface area contributed by atoms with E-state index in [1.807, 2.05) is 48.7 Å². The van der Waals surface area contributed by atoms with E-state index < -0.39 is 0 Å². The van der Waals surface area contributed by atoms with Crippen molar-refractivity contribution in [2.45, 2.75) is 26.2 Å². The van der Waals surface area contributed by atoms with Crippen molar-refractivity contribution in [2.24, 2.45) is 0 Å². The third-order valence-corrected chi connectivity index (χ3v) is 5.99. The number of para-hydroxylation sites is 2. The molecule has 0 saturated carbocycles. The zero-order valence-corrected chi connectivity index (χ0v) is 18.6. The minimum Gasteiger partial charge on any atom is -0.455 e. The number of rotatable bonds is 2. The monoisotopic (exact) mass is 435 g/mol. The van der Waals surface area contributed by atoms with Crippen LogP contribution in [0.5, 0.6) is 0 Å². The number of imidazole rings is 1. The number of halogens is 1. The van der Waals surface area contributed by atoms with Crippen molar-refractivity contribution in [3.05, 3.63) is 90.5 Å². The Balaban J connectivity index is 1.76. The Labute approximate surface area is 190 Å². The predicted octanol–water partition coefficient (Wildman–Crippen LogP) is 7.42. The van der Waals surface area contributed by atoms with Gasteiger partial charge in [0.05, 0.1) is 22.3 Å². The molecule has 0 aliphatic rings. The maximum absolute atomic E-state index is 13.9. The molecular formula is C28H22FN3O. The molecular weight excluding hydrogens is 413 g/mol. The van der Waals surface area contributed by atoms with Crippen LogP contribution in [0.15, 0.2) is 83.4 Å². The Morgan fingerprint density at radius 1 is 0.879 bits per heavy atom. The molecule has 6 aromatic rings. The van der Waals surface area contributed by atoms with Crippen molar-refractivity contribution in [3.8, 4) is 17.1 Å². The fourth-order valence-corrected chi connectivity index (χ4v) is 4.53. The van der Waals surface area contributed by atoms with Crippen LogP contribution in [-0.2, 0) is 5.41 Å². The van der Waals surface area contributed by atoms with Crippen LogP contribution >= 0.6 is 0 Å². The van der Waals surface area contributed by atoms with E-state index in [0.717, 1.165) is 44.6 Å². The molecule has 0 spiro atoms. The first-order chi connectivity index (χ1) is 15.9. The van der Waals surface area contributed by atoms with Gasteiger partial charge in [0.15, 0.2) is 0 Å². The molecule has 0 amide bonds. The summed E-state index contributed by atoms with van der Waals surface area (Å²) < 4.78 is 22.2. The summed E-state index contributed by atoms with van der Waals surface area (Å²) in [4.78, 5) is 9.81. The molecule has 0 bridgehead atoms. The molecule has 0 radical (unpaired) electrons. The molecule has 0 aliphatic carbocycles. The molecule has 0 atom stereocenters. The van der Waals surface area contributed by atoms with E-state index in [1.54, 1.807) is 6.07 Å². The topological polar surface area (TPSA) is 43.9 Å². The average Bonchev–Trinajstić information content (AvgIpc) is 3.36. The van der Waals surface area contributed by atoms with E-state index in [9.17, 15) is 4.39 Å². The van der Waals surface area contributed by atoms with Crippen LogP contribution in [0.4, 0.5) is 4.39 Å². The summed E-state index contributed by atoms with van der Waals surface area (Å²) in [5.41, 5.74) is 5.70. The highest BCUT2D eigenvalue weighted by Crippen LogP contribution is 2.39. The van der Waals surface area contributed by atoms with Crippen LogP contribution in [0.2, 0.25) is 0 Å². The van der Waals surface area contributed by atoms with Gasteiger partial charge in [0.1, 0.15) is 22.8 Å². The zero-order chi connectivity index (χ0) is 22.7. The molecule has 3 heterocycles. The molecule has 33 heavy (non-hydrogen) atoms. The molecule has 3 aromatic carbocycles. The molecule has 5 heteroatoms. The second-order valence-corrected chi connectivity index (χ2v) is 9.31. The maximum atomic E-state index is 13.9. The van der Waals surface area contributed by atoms with Crippen LogP contribution in [-0.4, -0.2) is 14.5 Å². The SMILES string of the molecule is CC(C)(C)c1nccc2nc(-c3cccc4c3oc3cc(F)ccc34)n(-c3ccccc3)c12. The van der Waals surface area contributed by atoms with Gasteiger partial charge in [-0.15, -0.1) is 0 Å². The van der Waals surface area contributed by atoms with Crippen LogP contribution in [0.25, 0.3) is 50.0 Å². The summed E-state index contributed by atoms with van der Waals surface area (Å²) in [6, 6.07) is 22.8. The van der Waals surface area contributed by atoms with Crippen molar-refractivity contribution in [2.75, 3.05) is 0 Å². The first kappa shape index (κ1) is 19.7. The summed E-state index contributed by atoms with van der Waals surface area (Å²) in [7, 11) is 0. The smallest absolute Gasteiger partial charge is 0.149 e. The van der Waals surface area contributed by atoms with Gasteiger partial charge in [-0.1, -0.05) is 51.1 Å². The number of hydrogen-bond acceptors (Lipinski definition) is 3. The Kier molecular flexibility index (Phi) is 4.18. The number of fused-ring (bicyclic) bond motifs is 4. The van der Waals surface area contributed by atoms with Gasteiger partial charge in [-0.3, -0.25) is 9.55 Å². The normalized spacial score (nSPS) is 12.2. The van der Waals surface area contributed by atoms with Gasteiger partial charge in [-0.05, 0) is 36.4 Å². The lowest BCUT2D eigenvalue weighted by Gasteiger charge is -2.20. The lowest BCUT2D eigenvalue weighted by atomic mass is 9.90. The standard InChI is InChI=1S/C28H22FN3O/c1-28(2,3)26-24-22(14-15-30-26)31-27(32(24)18-8-5-4-6-9-18)21-11-7-10-20-19-13-12-17(29)16-23(19)33-25(20)21/h4-16H,1-3H3. The first-order valence-electron chi connectivity index (χ1n) is 11.0. The summed E-state index contributed by atoms with van der Waals surface area (Å²) >= 11 is 0. The van der Waals surface area contributed by atoms with Gasteiger partial charge in [0, 0.05) is 34.1 Å². The number of aromatic nitrogens is 3. The van der Waals surface area contributed by atoms with E-state index in [0.29, 0.717) is 11.2 Å². The summed E-state index contributed by atoms with van der Waals surface area (Å²) in [6.45, 7) is 6.47. The fourth-order valence-electron chi connectivity index (χ4n) is 4.53.